The van der Waals surface area contributed by atoms with Crippen molar-refractivity contribution >= 4 is 12.1 Å². The number of benzene rings is 2. The van der Waals surface area contributed by atoms with Gasteiger partial charge in [-0.05, 0) is 60.5 Å². The molecule has 0 saturated carbocycles. The van der Waals surface area contributed by atoms with Crippen LogP contribution in [0.5, 0.6) is 5.75 Å². The van der Waals surface area contributed by atoms with E-state index >= 15 is 0 Å². The predicted molar refractivity (Wildman–Crippen MR) is 88.3 cm³/mol. The summed E-state index contributed by atoms with van der Waals surface area (Å²) in [6.07, 6.45) is 3.66. The number of ether oxygens (including phenoxy) is 1. The molecule has 2 aromatic rings. The van der Waals surface area contributed by atoms with Crippen molar-refractivity contribution in [3.05, 3.63) is 65.5 Å². The minimum Gasteiger partial charge on any atom is -0.494 e. The van der Waals surface area contributed by atoms with Gasteiger partial charge < -0.3 is 4.74 Å². The number of hydrogen-bond acceptors (Lipinski definition) is 3. The van der Waals surface area contributed by atoms with Crippen molar-refractivity contribution in [1.29, 1.82) is 0 Å². The van der Waals surface area contributed by atoms with E-state index in [9.17, 15) is 9.18 Å². The lowest BCUT2D eigenvalue weighted by Gasteiger charge is -2.05. The number of nitrogens with one attached hydrogen (secondary N) is 1. The quantitative estimate of drug-likeness (QED) is 0.480. The Labute approximate surface area is 135 Å². The molecule has 120 valence electrons. The SMILES string of the molecule is CCCCOc1ccc(/C=N\NC(=O)c2ccc(F)cc2)cc1. The van der Waals surface area contributed by atoms with Gasteiger partial charge in [0.15, 0.2) is 0 Å². The molecule has 0 aliphatic rings. The van der Waals surface area contributed by atoms with Crippen LogP contribution >= 0.6 is 0 Å². The van der Waals surface area contributed by atoms with Crippen LogP contribution in [0.2, 0.25) is 0 Å². The molecular weight excluding hydrogens is 295 g/mol. The van der Waals surface area contributed by atoms with Gasteiger partial charge in [0.1, 0.15) is 11.6 Å². The highest BCUT2D eigenvalue weighted by atomic mass is 19.1. The van der Waals surface area contributed by atoms with Gasteiger partial charge in [-0.1, -0.05) is 13.3 Å². The minimum atomic E-state index is -0.388. The highest BCUT2D eigenvalue weighted by Gasteiger charge is 2.03. The van der Waals surface area contributed by atoms with Gasteiger partial charge in [-0.2, -0.15) is 5.10 Å². The molecule has 5 heteroatoms. The highest BCUT2D eigenvalue weighted by Crippen LogP contribution is 2.11. The number of hydrogen-bond donors (Lipinski definition) is 1. The molecule has 0 aliphatic heterocycles. The molecule has 0 fully saturated rings. The van der Waals surface area contributed by atoms with Crippen molar-refractivity contribution in [2.45, 2.75) is 19.8 Å². The number of hydrazone groups is 1. The molecule has 0 spiro atoms. The van der Waals surface area contributed by atoms with Gasteiger partial charge in [-0.3, -0.25) is 4.79 Å². The second-order valence-corrected chi connectivity index (χ2v) is 4.98. The maximum atomic E-state index is 12.8. The van der Waals surface area contributed by atoms with Crippen LogP contribution < -0.4 is 10.2 Å². The van der Waals surface area contributed by atoms with E-state index in [2.05, 4.69) is 17.5 Å². The molecule has 0 aliphatic carbocycles. The lowest BCUT2D eigenvalue weighted by atomic mass is 10.2. The molecule has 1 N–H and O–H groups in total. The number of rotatable bonds is 7. The molecule has 2 rings (SSSR count). The van der Waals surface area contributed by atoms with E-state index in [1.54, 1.807) is 0 Å². The van der Waals surface area contributed by atoms with Gasteiger partial charge in [0.25, 0.3) is 5.91 Å². The van der Waals surface area contributed by atoms with Crippen LogP contribution in [0.3, 0.4) is 0 Å². The van der Waals surface area contributed by atoms with Crippen LogP contribution in [0.25, 0.3) is 0 Å². The van der Waals surface area contributed by atoms with E-state index in [0.717, 1.165) is 24.2 Å². The number of carbonyl (C=O) groups excluding carboxylic acids is 1. The van der Waals surface area contributed by atoms with Gasteiger partial charge >= 0.3 is 0 Å². The Kier molecular flexibility index (Phi) is 6.29. The molecule has 0 radical (unpaired) electrons. The predicted octanol–water partition coefficient (Wildman–Crippen LogP) is 3.77. The van der Waals surface area contributed by atoms with Crippen LogP contribution in [0.1, 0.15) is 35.7 Å². The summed E-state index contributed by atoms with van der Waals surface area (Å²) in [6.45, 7) is 2.82. The van der Waals surface area contributed by atoms with Crippen molar-refractivity contribution in [2.24, 2.45) is 5.10 Å². The van der Waals surface area contributed by atoms with Crippen LogP contribution in [-0.4, -0.2) is 18.7 Å². The smallest absolute Gasteiger partial charge is 0.271 e. The first-order chi connectivity index (χ1) is 11.2. The highest BCUT2D eigenvalue weighted by molar-refractivity contribution is 5.94. The zero-order valence-electron chi connectivity index (χ0n) is 13.0. The van der Waals surface area contributed by atoms with E-state index in [0.29, 0.717) is 12.2 Å². The first-order valence-corrected chi connectivity index (χ1v) is 7.51. The van der Waals surface area contributed by atoms with E-state index in [1.807, 2.05) is 24.3 Å². The van der Waals surface area contributed by atoms with E-state index in [4.69, 9.17) is 4.74 Å². The molecule has 0 bridgehead atoms. The van der Waals surface area contributed by atoms with Gasteiger partial charge in [-0.25, -0.2) is 9.82 Å². The summed E-state index contributed by atoms with van der Waals surface area (Å²) >= 11 is 0. The van der Waals surface area contributed by atoms with Crippen molar-refractivity contribution in [3.63, 3.8) is 0 Å². The van der Waals surface area contributed by atoms with Gasteiger partial charge in [0.2, 0.25) is 0 Å². The Morgan fingerprint density at radius 2 is 1.87 bits per heavy atom. The fourth-order valence-electron chi connectivity index (χ4n) is 1.82. The molecule has 0 heterocycles. The summed E-state index contributed by atoms with van der Waals surface area (Å²) in [6, 6.07) is 12.7. The first kappa shape index (κ1) is 16.7. The zero-order chi connectivity index (χ0) is 16.5. The summed E-state index contributed by atoms with van der Waals surface area (Å²) in [5, 5.41) is 3.89. The maximum absolute atomic E-state index is 12.8. The number of halogens is 1. The largest absolute Gasteiger partial charge is 0.494 e. The Morgan fingerprint density at radius 3 is 2.52 bits per heavy atom. The van der Waals surface area contributed by atoms with Crippen LogP contribution in [-0.2, 0) is 0 Å². The number of nitrogens with zero attached hydrogens (tertiary/aromatic N) is 1. The zero-order valence-corrected chi connectivity index (χ0v) is 13.0. The van der Waals surface area contributed by atoms with Crippen molar-refractivity contribution in [1.82, 2.24) is 5.43 Å². The van der Waals surface area contributed by atoms with Crippen molar-refractivity contribution in [2.75, 3.05) is 6.61 Å². The molecule has 0 aromatic heterocycles. The summed E-state index contributed by atoms with van der Waals surface area (Å²) in [4.78, 5) is 11.8. The topological polar surface area (TPSA) is 50.7 Å². The van der Waals surface area contributed by atoms with Crippen LogP contribution in [0, 0.1) is 5.82 Å². The van der Waals surface area contributed by atoms with E-state index < -0.39 is 0 Å². The minimum absolute atomic E-state index is 0.350. The number of amides is 1. The molecule has 23 heavy (non-hydrogen) atoms. The first-order valence-electron chi connectivity index (χ1n) is 7.51. The average Bonchev–Trinajstić information content (AvgIpc) is 2.57. The molecule has 2 aromatic carbocycles. The molecule has 0 atom stereocenters. The molecule has 1 amide bonds. The van der Waals surface area contributed by atoms with Gasteiger partial charge in [0.05, 0.1) is 12.8 Å². The third-order valence-corrected chi connectivity index (χ3v) is 3.13. The Morgan fingerprint density at radius 1 is 1.17 bits per heavy atom. The summed E-state index contributed by atoms with van der Waals surface area (Å²) in [5.41, 5.74) is 3.59. The summed E-state index contributed by atoms with van der Waals surface area (Å²) in [5.74, 6) is 0.0398. The third kappa shape index (κ3) is 5.54. The number of unbranched alkanes of at least 4 members (excludes halogenated alkanes) is 1. The van der Waals surface area contributed by atoms with Gasteiger partial charge in [0, 0.05) is 5.56 Å². The standard InChI is InChI=1S/C18H19FN2O2/c1-2-3-12-23-17-10-4-14(5-11-17)13-20-21-18(22)15-6-8-16(19)9-7-15/h4-11,13H,2-3,12H2,1H3,(H,21,22)/b20-13-. The second kappa shape index (κ2) is 8.68. The molecular formula is C18H19FN2O2. The van der Waals surface area contributed by atoms with Crippen molar-refractivity contribution in [3.8, 4) is 5.75 Å². The molecule has 0 unspecified atom stereocenters. The lowest BCUT2D eigenvalue weighted by Crippen LogP contribution is -2.17. The Bertz CT molecular complexity index is 652. The summed E-state index contributed by atoms with van der Waals surface area (Å²) < 4.78 is 18.3. The monoisotopic (exact) mass is 314 g/mol. The fourth-order valence-corrected chi connectivity index (χ4v) is 1.82. The van der Waals surface area contributed by atoms with Crippen LogP contribution in [0.4, 0.5) is 4.39 Å². The molecule has 0 saturated heterocycles. The van der Waals surface area contributed by atoms with E-state index in [-0.39, 0.29) is 11.7 Å². The maximum Gasteiger partial charge on any atom is 0.271 e. The lowest BCUT2D eigenvalue weighted by molar-refractivity contribution is 0.0955. The van der Waals surface area contributed by atoms with Gasteiger partial charge in [-0.15, -0.1) is 0 Å². The summed E-state index contributed by atoms with van der Waals surface area (Å²) in [7, 11) is 0. The van der Waals surface area contributed by atoms with E-state index in [1.165, 1.54) is 30.5 Å². The average molecular weight is 314 g/mol. The van der Waals surface area contributed by atoms with Crippen molar-refractivity contribution < 1.29 is 13.9 Å². The normalized spacial score (nSPS) is 10.7. The molecule has 4 nitrogen and oxygen atoms in total. The Hall–Kier alpha value is -2.69. The number of carbonyl (C=O) groups is 1. The van der Waals surface area contributed by atoms with Crippen LogP contribution in [0.15, 0.2) is 53.6 Å². The Balaban J connectivity index is 1.85. The fraction of sp³-hybridized carbons (Fsp3) is 0.222. The second-order valence-electron chi connectivity index (χ2n) is 4.98. The third-order valence-electron chi connectivity index (χ3n) is 3.13.